The number of fused-ring (bicyclic) bond motifs is 1. The molecule has 10 heteroatoms. The van der Waals surface area contributed by atoms with Gasteiger partial charge in [0.2, 0.25) is 5.91 Å². The third kappa shape index (κ3) is 4.15. The van der Waals surface area contributed by atoms with Crippen LogP contribution in [0, 0.1) is 6.92 Å². The zero-order valence-corrected chi connectivity index (χ0v) is 14.8. The number of aryl methyl sites for hydroxylation is 1. The van der Waals surface area contributed by atoms with Crippen LogP contribution >= 0.6 is 0 Å². The Morgan fingerprint density at radius 1 is 1.26 bits per heavy atom. The van der Waals surface area contributed by atoms with E-state index in [1.54, 1.807) is 21.0 Å². The van der Waals surface area contributed by atoms with Gasteiger partial charge in [-0.05, 0) is 30.7 Å². The van der Waals surface area contributed by atoms with Gasteiger partial charge in [-0.3, -0.25) is 4.79 Å². The van der Waals surface area contributed by atoms with E-state index in [1.165, 1.54) is 40.2 Å². The Labute approximate surface area is 152 Å². The lowest BCUT2D eigenvalue weighted by atomic mass is 10.1. The fourth-order valence-electron chi connectivity index (χ4n) is 2.48. The monoisotopic (exact) mass is 379 g/mol. The summed E-state index contributed by atoms with van der Waals surface area (Å²) < 4.78 is 42.4. The Hall–Kier alpha value is -3.17. The highest BCUT2D eigenvalue weighted by Crippen LogP contribution is 2.29. The van der Waals surface area contributed by atoms with Gasteiger partial charge >= 0.3 is 6.36 Å². The Morgan fingerprint density at radius 2 is 2.00 bits per heavy atom. The minimum absolute atomic E-state index is 0.00593. The number of hydrogen-bond donors (Lipinski definition) is 0. The summed E-state index contributed by atoms with van der Waals surface area (Å²) in [5, 5.41) is 4.13. The minimum Gasteiger partial charge on any atom is -0.406 e. The van der Waals surface area contributed by atoms with Gasteiger partial charge in [0, 0.05) is 19.7 Å². The van der Waals surface area contributed by atoms with E-state index in [0.717, 1.165) is 0 Å². The number of alkyl halides is 3. The molecule has 0 bridgehead atoms. The summed E-state index contributed by atoms with van der Waals surface area (Å²) in [6.45, 7) is 1.66. The van der Waals surface area contributed by atoms with Crippen molar-refractivity contribution in [2.75, 3.05) is 14.1 Å². The van der Waals surface area contributed by atoms with Crippen LogP contribution in [0.1, 0.15) is 5.56 Å². The molecule has 1 aromatic carbocycles. The molecule has 0 saturated carbocycles. The molecule has 0 aliphatic heterocycles. The molecule has 0 spiro atoms. The summed E-state index contributed by atoms with van der Waals surface area (Å²) in [6.07, 6.45) is -1.74. The lowest BCUT2D eigenvalue weighted by molar-refractivity contribution is -0.274. The van der Waals surface area contributed by atoms with Crippen LogP contribution in [-0.4, -0.2) is 51.0 Å². The number of rotatable bonds is 4. The predicted octanol–water partition coefficient (Wildman–Crippen LogP) is 2.79. The lowest BCUT2D eigenvalue weighted by Crippen LogP contribution is -2.26. The fourth-order valence-corrected chi connectivity index (χ4v) is 2.48. The number of benzene rings is 1. The first kappa shape index (κ1) is 18.6. The second-order valence-corrected chi connectivity index (χ2v) is 6.08. The summed E-state index contributed by atoms with van der Waals surface area (Å²) in [6, 6.07) is 3.98. The molecule has 0 fully saturated rings. The van der Waals surface area contributed by atoms with Crippen LogP contribution in [-0.2, 0) is 11.3 Å². The van der Waals surface area contributed by atoms with Crippen LogP contribution in [0.4, 0.5) is 13.2 Å². The standard InChI is InChI=1S/C17H16F3N5O2/c1-10-6-11(27-17(18,19)20)4-5-12(10)13-7-21-14-8-22-25(16(14)23-13)9-15(26)24(2)3/h4-8H,9H2,1-3H3. The topological polar surface area (TPSA) is 73.1 Å². The van der Waals surface area contributed by atoms with Gasteiger partial charge in [-0.2, -0.15) is 5.10 Å². The van der Waals surface area contributed by atoms with E-state index in [2.05, 4.69) is 19.8 Å². The molecule has 3 aromatic rings. The van der Waals surface area contributed by atoms with Gasteiger partial charge in [0.15, 0.2) is 5.65 Å². The van der Waals surface area contributed by atoms with Crippen molar-refractivity contribution in [2.24, 2.45) is 0 Å². The van der Waals surface area contributed by atoms with E-state index in [0.29, 0.717) is 28.0 Å². The number of amides is 1. The van der Waals surface area contributed by atoms with Crippen LogP contribution in [0.25, 0.3) is 22.4 Å². The highest BCUT2D eigenvalue weighted by molar-refractivity contribution is 5.79. The van der Waals surface area contributed by atoms with Crippen molar-refractivity contribution in [1.29, 1.82) is 0 Å². The summed E-state index contributed by atoms with van der Waals surface area (Å²) >= 11 is 0. The molecule has 7 nitrogen and oxygen atoms in total. The van der Waals surface area contributed by atoms with Gasteiger partial charge in [0.25, 0.3) is 0 Å². The van der Waals surface area contributed by atoms with Crippen LogP contribution in [0.15, 0.2) is 30.6 Å². The van der Waals surface area contributed by atoms with Crippen molar-refractivity contribution in [1.82, 2.24) is 24.6 Å². The highest BCUT2D eigenvalue weighted by atomic mass is 19.4. The maximum Gasteiger partial charge on any atom is 0.573 e. The fraction of sp³-hybridized carbons (Fsp3) is 0.294. The average molecular weight is 379 g/mol. The van der Waals surface area contributed by atoms with E-state index in [4.69, 9.17) is 0 Å². The molecule has 142 valence electrons. The number of hydrogen-bond acceptors (Lipinski definition) is 5. The largest absolute Gasteiger partial charge is 0.573 e. The second-order valence-electron chi connectivity index (χ2n) is 6.08. The van der Waals surface area contributed by atoms with Crippen LogP contribution in [0.3, 0.4) is 0 Å². The molecule has 0 atom stereocenters. The zero-order valence-electron chi connectivity index (χ0n) is 14.8. The van der Waals surface area contributed by atoms with Crippen LogP contribution < -0.4 is 4.74 Å². The number of carbonyl (C=O) groups is 1. The smallest absolute Gasteiger partial charge is 0.406 e. The molecule has 2 aromatic heterocycles. The van der Waals surface area contributed by atoms with Crippen molar-refractivity contribution in [3.63, 3.8) is 0 Å². The maximum atomic E-state index is 12.4. The van der Waals surface area contributed by atoms with E-state index in [-0.39, 0.29) is 18.2 Å². The first-order valence-electron chi connectivity index (χ1n) is 7.89. The first-order valence-corrected chi connectivity index (χ1v) is 7.89. The third-order valence-corrected chi connectivity index (χ3v) is 3.84. The third-order valence-electron chi connectivity index (χ3n) is 3.84. The number of ether oxygens (including phenoxy) is 1. The first-order chi connectivity index (χ1) is 12.6. The highest BCUT2D eigenvalue weighted by Gasteiger charge is 2.31. The quantitative estimate of drug-likeness (QED) is 0.697. The summed E-state index contributed by atoms with van der Waals surface area (Å²) in [5.74, 6) is -0.462. The second kappa shape index (κ2) is 6.86. The molecule has 3 rings (SSSR count). The predicted molar refractivity (Wildman–Crippen MR) is 90.9 cm³/mol. The van der Waals surface area contributed by atoms with Gasteiger partial charge in [0.1, 0.15) is 17.8 Å². The van der Waals surface area contributed by atoms with Gasteiger partial charge in [-0.1, -0.05) is 0 Å². The summed E-state index contributed by atoms with van der Waals surface area (Å²) in [4.78, 5) is 22.1. The number of carbonyl (C=O) groups excluding carboxylic acids is 1. The lowest BCUT2D eigenvalue weighted by Gasteiger charge is -2.12. The molecule has 1 amide bonds. The Morgan fingerprint density at radius 3 is 2.63 bits per heavy atom. The Balaban J connectivity index is 1.96. The molecular weight excluding hydrogens is 363 g/mol. The molecule has 0 N–H and O–H groups in total. The van der Waals surface area contributed by atoms with Crippen molar-refractivity contribution in [2.45, 2.75) is 19.8 Å². The van der Waals surface area contributed by atoms with Crippen molar-refractivity contribution >= 4 is 17.1 Å². The van der Waals surface area contributed by atoms with E-state index < -0.39 is 6.36 Å². The number of likely N-dealkylation sites (N-methyl/N-ethyl adjacent to an activating group) is 1. The Kier molecular flexibility index (Phi) is 4.73. The van der Waals surface area contributed by atoms with Gasteiger partial charge in [-0.15, -0.1) is 13.2 Å². The summed E-state index contributed by atoms with van der Waals surface area (Å²) in [5.41, 5.74) is 2.53. The van der Waals surface area contributed by atoms with Crippen molar-refractivity contribution in [3.8, 4) is 17.0 Å². The van der Waals surface area contributed by atoms with Gasteiger partial charge < -0.3 is 9.64 Å². The van der Waals surface area contributed by atoms with Gasteiger partial charge in [-0.25, -0.2) is 14.6 Å². The number of nitrogens with zero attached hydrogens (tertiary/aromatic N) is 5. The molecule has 0 unspecified atom stereocenters. The van der Waals surface area contributed by atoms with E-state index in [9.17, 15) is 18.0 Å². The SMILES string of the molecule is Cc1cc(OC(F)(F)F)ccc1-c1cnc2cnn(CC(=O)N(C)C)c2n1. The number of halogens is 3. The molecule has 27 heavy (non-hydrogen) atoms. The maximum absolute atomic E-state index is 12.4. The van der Waals surface area contributed by atoms with Crippen molar-refractivity contribution < 1.29 is 22.7 Å². The molecule has 0 aliphatic carbocycles. The zero-order chi connectivity index (χ0) is 19.8. The number of aromatic nitrogens is 4. The van der Waals surface area contributed by atoms with Crippen molar-refractivity contribution in [3.05, 3.63) is 36.2 Å². The molecule has 0 aliphatic rings. The molecule has 0 radical (unpaired) electrons. The Bertz CT molecular complexity index is 998. The van der Waals surface area contributed by atoms with Gasteiger partial charge in [0.05, 0.1) is 18.1 Å². The van der Waals surface area contributed by atoms with Crippen LogP contribution in [0.2, 0.25) is 0 Å². The average Bonchev–Trinajstić information content (AvgIpc) is 2.95. The summed E-state index contributed by atoms with van der Waals surface area (Å²) in [7, 11) is 3.28. The minimum atomic E-state index is -4.75. The molecule has 0 saturated heterocycles. The van der Waals surface area contributed by atoms with E-state index in [1.807, 2.05) is 0 Å². The normalized spacial score (nSPS) is 11.6. The molecular formula is C17H16F3N5O2. The van der Waals surface area contributed by atoms with Crippen LogP contribution in [0.5, 0.6) is 5.75 Å². The van der Waals surface area contributed by atoms with E-state index >= 15 is 0 Å². The molecule has 2 heterocycles.